The first kappa shape index (κ1) is 31.6. The molecule has 1 atom stereocenters. The topological polar surface area (TPSA) is 96.0 Å². The van der Waals surface area contributed by atoms with E-state index in [0.29, 0.717) is 18.7 Å². The molecule has 3 rings (SSSR count). The number of hydrogen-bond donors (Lipinski definition) is 1. The number of methoxy groups -OCH3 is 1. The third-order valence-corrected chi connectivity index (χ3v) is 8.52. The van der Waals surface area contributed by atoms with Gasteiger partial charge in [0.2, 0.25) is 11.8 Å². The molecular formula is C31H38FN3O5S. The van der Waals surface area contributed by atoms with Crippen LogP contribution < -0.4 is 14.4 Å². The van der Waals surface area contributed by atoms with Crippen molar-refractivity contribution in [3.8, 4) is 5.75 Å². The molecule has 0 bridgehead atoms. The summed E-state index contributed by atoms with van der Waals surface area (Å²) in [6.45, 7) is 5.78. The molecule has 0 saturated heterocycles. The van der Waals surface area contributed by atoms with Crippen LogP contribution in [0.3, 0.4) is 0 Å². The highest BCUT2D eigenvalue weighted by atomic mass is 32.2. The second-order valence-corrected chi connectivity index (χ2v) is 11.6. The van der Waals surface area contributed by atoms with Gasteiger partial charge in [-0.05, 0) is 73.9 Å². The standard InChI is InChI=1S/C31H38FN3O5S/c1-5-7-20-33-31(37)29(6-2)34(21-24-10-8-23(3)9-11-24)30(36)22-35(26-14-12-25(32)13-15-26)41(38,39)28-18-16-27(40-4)17-19-28/h8-19,29H,5-7,20-22H2,1-4H3,(H,33,37)/t29-/m1/s1. The van der Waals surface area contributed by atoms with Crippen LogP contribution in [-0.2, 0) is 26.2 Å². The summed E-state index contributed by atoms with van der Waals surface area (Å²) >= 11 is 0. The Morgan fingerprint density at radius 2 is 1.59 bits per heavy atom. The average Bonchev–Trinajstić information content (AvgIpc) is 2.97. The molecule has 0 aromatic heterocycles. The number of aryl methyl sites for hydroxylation is 1. The minimum absolute atomic E-state index is 0.0649. The summed E-state index contributed by atoms with van der Waals surface area (Å²) in [6, 6.07) is 17.4. The van der Waals surface area contributed by atoms with E-state index in [-0.39, 0.29) is 23.0 Å². The minimum Gasteiger partial charge on any atom is -0.497 e. The first-order valence-electron chi connectivity index (χ1n) is 13.7. The number of rotatable bonds is 14. The highest BCUT2D eigenvalue weighted by Crippen LogP contribution is 2.26. The number of benzene rings is 3. The van der Waals surface area contributed by atoms with Gasteiger partial charge in [0.05, 0.1) is 17.7 Å². The van der Waals surface area contributed by atoms with Crippen molar-refractivity contribution in [2.75, 3.05) is 24.5 Å². The van der Waals surface area contributed by atoms with Crippen LogP contribution in [0.15, 0.2) is 77.7 Å². The van der Waals surface area contributed by atoms with E-state index in [9.17, 15) is 22.4 Å². The average molecular weight is 584 g/mol. The molecule has 0 radical (unpaired) electrons. The third-order valence-electron chi connectivity index (χ3n) is 6.73. The lowest BCUT2D eigenvalue weighted by molar-refractivity contribution is -0.140. The zero-order valence-electron chi connectivity index (χ0n) is 24.0. The Balaban J connectivity index is 2.02. The van der Waals surface area contributed by atoms with Crippen LogP contribution in [0, 0.1) is 12.7 Å². The monoisotopic (exact) mass is 583 g/mol. The van der Waals surface area contributed by atoms with Gasteiger partial charge in [-0.1, -0.05) is 50.1 Å². The van der Waals surface area contributed by atoms with E-state index in [1.807, 2.05) is 45.0 Å². The summed E-state index contributed by atoms with van der Waals surface area (Å²) < 4.78 is 47.6. The van der Waals surface area contributed by atoms with Crippen molar-refractivity contribution in [1.29, 1.82) is 0 Å². The molecule has 0 saturated carbocycles. The fourth-order valence-electron chi connectivity index (χ4n) is 4.33. The molecule has 3 aromatic carbocycles. The molecule has 0 aliphatic heterocycles. The Morgan fingerprint density at radius 3 is 2.15 bits per heavy atom. The summed E-state index contributed by atoms with van der Waals surface area (Å²) in [7, 11) is -2.79. The number of carbonyl (C=O) groups excluding carboxylic acids is 2. The zero-order chi connectivity index (χ0) is 30.0. The van der Waals surface area contributed by atoms with Gasteiger partial charge in [0.15, 0.2) is 0 Å². The van der Waals surface area contributed by atoms with E-state index in [1.54, 1.807) is 0 Å². The van der Waals surface area contributed by atoms with Gasteiger partial charge < -0.3 is 15.0 Å². The maximum absolute atomic E-state index is 14.0. The van der Waals surface area contributed by atoms with Crippen LogP contribution >= 0.6 is 0 Å². The number of amides is 2. The third kappa shape index (κ3) is 8.29. The van der Waals surface area contributed by atoms with Gasteiger partial charge in [-0.15, -0.1) is 0 Å². The highest BCUT2D eigenvalue weighted by molar-refractivity contribution is 7.92. The molecule has 1 N–H and O–H groups in total. The van der Waals surface area contributed by atoms with E-state index < -0.39 is 34.3 Å². The van der Waals surface area contributed by atoms with E-state index in [2.05, 4.69) is 5.32 Å². The molecule has 3 aromatic rings. The van der Waals surface area contributed by atoms with Gasteiger partial charge in [-0.3, -0.25) is 13.9 Å². The number of sulfonamides is 1. The lowest BCUT2D eigenvalue weighted by Crippen LogP contribution is -2.52. The number of halogens is 1. The maximum atomic E-state index is 14.0. The molecule has 0 unspecified atom stereocenters. The quantitative estimate of drug-likeness (QED) is 0.268. The van der Waals surface area contributed by atoms with E-state index >= 15 is 0 Å². The number of nitrogens with one attached hydrogen (secondary N) is 1. The zero-order valence-corrected chi connectivity index (χ0v) is 24.8. The lowest BCUT2D eigenvalue weighted by atomic mass is 10.1. The van der Waals surface area contributed by atoms with E-state index in [4.69, 9.17) is 4.74 Å². The van der Waals surface area contributed by atoms with Crippen LogP contribution in [0.5, 0.6) is 5.75 Å². The van der Waals surface area contributed by atoms with E-state index in [1.165, 1.54) is 48.4 Å². The number of carbonyl (C=O) groups is 2. The van der Waals surface area contributed by atoms with Crippen LogP contribution in [0.2, 0.25) is 0 Å². The summed E-state index contributed by atoms with van der Waals surface area (Å²) in [5, 5.41) is 2.90. The normalized spacial score (nSPS) is 11.9. The Hall–Kier alpha value is -3.92. The second kappa shape index (κ2) is 14.6. The summed E-state index contributed by atoms with van der Waals surface area (Å²) in [5.74, 6) is -0.938. The van der Waals surface area contributed by atoms with Crippen molar-refractivity contribution < 1.29 is 27.1 Å². The number of ether oxygens (including phenoxy) is 1. The summed E-state index contributed by atoms with van der Waals surface area (Å²) in [5.41, 5.74) is 1.96. The SMILES string of the molecule is CCCCNC(=O)[C@@H](CC)N(Cc1ccc(C)cc1)C(=O)CN(c1ccc(F)cc1)S(=O)(=O)c1ccc(OC)cc1. The maximum Gasteiger partial charge on any atom is 0.264 e. The fourth-order valence-corrected chi connectivity index (χ4v) is 5.74. The number of anilines is 1. The van der Waals surface area contributed by atoms with E-state index in [0.717, 1.165) is 40.4 Å². The van der Waals surface area contributed by atoms with Crippen molar-refractivity contribution in [3.63, 3.8) is 0 Å². The molecule has 0 heterocycles. The smallest absolute Gasteiger partial charge is 0.264 e. The van der Waals surface area contributed by atoms with Crippen LogP contribution in [0.4, 0.5) is 10.1 Å². The Labute approximate surface area is 242 Å². The van der Waals surface area contributed by atoms with Crippen LogP contribution in [0.1, 0.15) is 44.2 Å². The lowest BCUT2D eigenvalue weighted by Gasteiger charge is -2.33. The van der Waals surface area contributed by atoms with Crippen molar-refractivity contribution in [2.24, 2.45) is 0 Å². The molecule has 0 fully saturated rings. The van der Waals surface area contributed by atoms with Gasteiger partial charge in [0.1, 0.15) is 24.2 Å². The Kier molecular flexibility index (Phi) is 11.3. The van der Waals surface area contributed by atoms with Crippen molar-refractivity contribution in [3.05, 3.63) is 89.7 Å². The molecule has 220 valence electrons. The highest BCUT2D eigenvalue weighted by Gasteiger charge is 2.33. The molecule has 0 aliphatic carbocycles. The minimum atomic E-state index is -4.26. The van der Waals surface area contributed by atoms with Crippen molar-refractivity contribution >= 4 is 27.5 Å². The predicted octanol–water partition coefficient (Wildman–Crippen LogP) is 5.06. The second-order valence-electron chi connectivity index (χ2n) is 9.74. The van der Waals surface area contributed by atoms with Crippen molar-refractivity contribution in [2.45, 2.75) is 57.5 Å². The van der Waals surface area contributed by atoms with Gasteiger partial charge in [-0.2, -0.15) is 0 Å². The molecule has 0 spiro atoms. The molecule has 2 amide bonds. The van der Waals surface area contributed by atoms with Gasteiger partial charge >= 0.3 is 0 Å². The first-order chi connectivity index (χ1) is 19.6. The van der Waals surface area contributed by atoms with Crippen molar-refractivity contribution in [1.82, 2.24) is 10.2 Å². The molecular weight excluding hydrogens is 545 g/mol. The number of nitrogens with zero attached hydrogens (tertiary/aromatic N) is 2. The molecule has 8 nitrogen and oxygen atoms in total. The molecule has 10 heteroatoms. The molecule has 0 aliphatic rings. The summed E-state index contributed by atoms with van der Waals surface area (Å²) in [4.78, 5) is 28.6. The first-order valence-corrected chi connectivity index (χ1v) is 15.1. The largest absolute Gasteiger partial charge is 0.497 e. The molecule has 41 heavy (non-hydrogen) atoms. The fraction of sp³-hybridized carbons (Fsp3) is 0.355. The number of unbranched alkanes of at least 4 members (excludes halogenated alkanes) is 1. The Morgan fingerprint density at radius 1 is 0.951 bits per heavy atom. The predicted molar refractivity (Wildman–Crippen MR) is 158 cm³/mol. The Bertz CT molecular complexity index is 1400. The van der Waals surface area contributed by atoms with Crippen LogP contribution in [0.25, 0.3) is 0 Å². The number of hydrogen-bond acceptors (Lipinski definition) is 5. The van der Waals surface area contributed by atoms with Gasteiger partial charge in [0, 0.05) is 13.1 Å². The van der Waals surface area contributed by atoms with Crippen LogP contribution in [-0.4, -0.2) is 51.4 Å². The van der Waals surface area contributed by atoms with Gasteiger partial charge in [0.25, 0.3) is 10.0 Å². The summed E-state index contributed by atoms with van der Waals surface area (Å²) in [6.07, 6.45) is 2.03. The van der Waals surface area contributed by atoms with Gasteiger partial charge in [-0.25, -0.2) is 12.8 Å².